The van der Waals surface area contributed by atoms with E-state index in [1.165, 1.54) is 0 Å². The lowest BCUT2D eigenvalue weighted by Gasteiger charge is -2.11. The van der Waals surface area contributed by atoms with Gasteiger partial charge in [0, 0.05) is 10.6 Å². The van der Waals surface area contributed by atoms with Crippen LogP contribution in [0.15, 0.2) is 30.8 Å². The largest absolute Gasteiger partial charge is 0.508 e. The first-order valence-electron chi connectivity index (χ1n) is 5.08. The Labute approximate surface area is 100.0 Å². The monoisotopic (exact) mass is 232 g/mol. The zero-order chi connectivity index (χ0) is 11.9. The molecule has 0 fully saturated rings. The zero-order valence-corrected chi connectivity index (χ0v) is 10.1. The molecule has 0 aromatic heterocycles. The van der Waals surface area contributed by atoms with Gasteiger partial charge in [-0.3, -0.25) is 0 Å². The van der Waals surface area contributed by atoms with E-state index in [9.17, 15) is 5.11 Å². The van der Waals surface area contributed by atoms with Gasteiger partial charge in [-0.1, -0.05) is 30.3 Å². The average molecular weight is 233 g/mol. The van der Waals surface area contributed by atoms with Gasteiger partial charge < -0.3 is 5.11 Å². The predicted octanol–water partition coefficient (Wildman–Crippen LogP) is 4.37. The molecule has 0 unspecified atom stereocenters. The van der Waals surface area contributed by atoms with Crippen molar-refractivity contribution in [3.8, 4) is 5.75 Å². The molecule has 0 aliphatic carbocycles. The maximum atomic E-state index is 9.55. The minimum absolute atomic E-state index is 0.278. The van der Waals surface area contributed by atoms with Gasteiger partial charge >= 0.3 is 0 Å². The first-order chi connectivity index (χ1) is 7.50. The Bertz CT molecular complexity index is 585. The van der Waals surface area contributed by atoms with E-state index in [1.54, 1.807) is 12.1 Å². The standard InChI is InChI=1S/C14H13ClO/c1-8-4-5-11-7-12(16)6-9(2)14(11)13(8)10(3)15/h4-7,16H,3H2,1-2H3. The van der Waals surface area contributed by atoms with Crippen LogP contribution in [-0.4, -0.2) is 5.11 Å². The fourth-order valence-corrected chi connectivity index (χ4v) is 2.36. The van der Waals surface area contributed by atoms with Crippen molar-refractivity contribution in [2.75, 3.05) is 0 Å². The fraction of sp³-hybridized carbons (Fsp3) is 0.143. The van der Waals surface area contributed by atoms with Crippen LogP contribution in [0.1, 0.15) is 16.7 Å². The Morgan fingerprint density at radius 3 is 2.50 bits per heavy atom. The minimum atomic E-state index is 0.278. The molecule has 0 spiro atoms. The molecule has 2 aromatic rings. The van der Waals surface area contributed by atoms with Gasteiger partial charge in [-0.15, -0.1) is 0 Å². The number of halogens is 1. The van der Waals surface area contributed by atoms with Gasteiger partial charge in [0.25, 0.3) is 0 Å². The molecule has 2 rings (SSSR count). The van der Waals surface area contributed by atoms with E-state index in [2.05, 4.69) is 6.58 Å². The Morgan fingerprint density at radius 2 is 1.88 bits per heavy atom. The maximum Gasteiger partial charge on any atom is 0.116 e. The summed E-state index contributed by atoms with van der Waals surface area (Å²) in [5.41, 5.74) is 3.08. The lowest BCUT2D eigenvalue weighted by molar-refractivity contribution is 0.476. The quantitative estimate of drug-likeness (QED) is 0.774. The lowest BCUT2D eigenvalue weighted by atomic mass is 9.96. The smallest absolute Gasteiger partial charge is 0.116 e. The van der Waals surface area contributed by atoms with Crippen molar-refractivity contribution in [2.45, 2.75) is 13.8 Å². The van der Waals surface area contributed by atoms with E-state index >= 15 is 0 Å². The fourth-order valence-electron chi connectivity index (χ4n) is 2.11. The zero-order valence-electron chi connectivity index (χ0n) is 9.34. The first kappa shape index (κ1) is 11.0. The van der Waals surface area contributed by atoms with Crippen LogP contribution in [0.3, 0.4) is 0 Å². The lowest BCUT2D eigenvalue weighted by Crippen LogP contribution is -1.89. The van der Waals surface area contributed by atoms with Crippen molar-refractivity contribution < 1.29 is 5.11 Å². The van der Waals surface area contributed by atoms with Crippen LogP contribution in [0.4, 0.5) is 0 Å². The number of phenols is 1. The molecule has 2 heteroatoms. The van der Waals surface area contributed by atoms with Crippen LogP contribution in [0, 0.1) is 13.8 Å². The van der Waals surface area contributed by atoms with Crippen LogP contribution in [0.2, 0.25) is 0 Å². The van der Waals surface area contributed by atoms with Gasteiger partial charge in [0.15, 0.2) is 0 Å². The average Bonchev–Trinajstić information content (AvgIpc) is 2.18. The number of aryl methyl sites for hydroxylation is 2. The van der Waals surface area contributed by atoms with Crippen molar-refractivity contribution in [2.24, 2.45) is 0 Å². The molecule has 1 N–H and O–H groups in total. The second-order valence-electron chi connectivity index (χ2n) is 4.02. The molecule has 0 saturated heterocycles. The topological polar surface area (TPSA) is 20.2 Å². The van der Waals surface area contributed by atoms with Crippen LogP contribution in [0.5, 0.6) is 5.75 Å². The molecule has 0 saturated carbocycles. The van der Waals surface area contributed by atoms with E-state index in [-0.39, 0.29) is 5.75 Å². The summed E-state index contributed by atoms with van der Waals surface area (Å²) in [7, 11) is 0. The summed E-state index contributed by atoms with van der Waals surface area (Å²) in [5, 5.41) is 12.1. The Hall–Kier alpha value is -1.47. The van der Waals surface area contributed by atoms with E-state index in [0.717, 1.165) is 27.5 Å². The van der Waals surface area contributed by atoms with E-state index in [4.69, 9.17) is 11.6 Å². The summed E-state index contributed by atoms with van der Waals surface area (Å²) >= 11 is 6.04. The van der Waals surface area contributed by atoms with Gasteiger partial charge in [-0.05, 0) is 47.9 Å². The van der Waals surface area contributed by atoms with Crippen molar-refractivity contribution >= 4 is 27.4 Å². The third-order valence-corrected chi connectivity index (χ3v) is 2.97. The number of benzene rings is 2. The molecule has 0 radical (unpaired) electrons. The summed E-state index contributed by atoms with van der Waals surface area (Å²) in [4.78, 5) is 0. The van der Waals surface area contributed by atoms with Crippen molar-refractivity contribution in [1.82, 2.24) is 0 Å². The van der Waals surface area contributed by atoms with Crippen molar-refractivity contribution in [3.05, 3.63) is 47.5 Å². The summed E-state index contributed by atoms with van der Waals surface area (Å²) in [6.45, 7) is 7.77. The molecule has 82 valence electrons. The Morgan fingerprint density at radius 1 is 1.19 bits per heavy atom. The van der Waals surface area contributed by atoms with Crippen molar-refractivity contribution in [3.63, 3.8) is 0 Å². The molecule has 16 heavy (non-hydrogen) atoms. The minimum Gasteiger partial charge on any atom is -0.508 e. The molecule has 0 atom stereocenters. The van der Waals surface area contributed by atoms with Crippen LogP contribution >= 0.6 is 11.6 Å². The number of fused-ring (bicyclic) bond motifs is 1. The number of phenolic OH excluding ortho intramolecular Hbond substituents is 1. The van der Waals surface area contributed by atoms with Crippen molar-refractivity contribution in [1.29, 1.82) is 0 Å². The summed E-state index contributed by atoms with van der Waals surface area (Å²) in [5.74, 6) is 0.278. The number of hydrogen-bond acceptors (Lipinski definition) is 1. The second-order valence-corrected chi connectivity index (χ2v) is 4.48. The molecule has 0 aliphatic heterocycles. The van der Waals surface area contributed by atoms with Gasteiger partial charge in [0.2, 0.25) is 0 Å². The highest BCUT2D eigenvalue weighted by atomic mass is 35.5. The maximum absolute atomic E-state index is 9.55. The van der Waals surface area contributed by atoms with Crippen LogP contribution in [-0.2, 0) is 0 Å². The predicted molar refractivity (Wildman–Crippen MR) is 70.0 cm³/mol. The van der Waals surface area contributed by atoms with Gasteiger partial charge in [0.05, 0.1) is 0 Å². The second kappa shape index (κ2) is 3.84. The molecule has 0 heterocycles. The van der Waals surface area contributed by atoms with Crippen LogP contribution < -0.4 is 0 Å². The highest BCUT2D eigenvalue weighted by molar-refractivity contribution is 6.49. The molecule has 1 nitrogen and oxygen atoms in total. The Kier molecular flexibility index (Phi) is 2.64. The SMILES string of the molecule is C=C(Cl)c1c(C)ccc2cc(O)cc(C)c12. The van der Waals surface area contributed by atoms with E-state index in [1.807, 2.05) is 26.0 Å². The Balaban J connectivity index is 2.97. The summed E-state index contributed by atoms with van der Waals surface area (Å²) in [6, 6.07) is 7.46. The van der Waals surface area contributed by atoms with Gasteiger partial charge in [0.1, 0.15) is 5.75 Å². The van der Waals surface area contributed by atoms with E-state index in [0.29, 0.717) is 5.03 Å². The molecule has 2 aromatic carbocycles. The number of aromatic hydroxyl groups is 1. The summed E-state index contributed by atoms with van der Waals surface area (Å²) < 4.78 is 0. The first-order valence-corrected chi connectivity index (χ1v) is 5.46. The highest BCUT2D eigenvalue weighted by Crippen LogP contribution is 2.33. The van der Waals surface area contributed by atoms with Gasteiger partial charge in [-0.2, -0.15) is 0 Å². The molecule has 0 amide bonds. The molecule has 0 bridgehead atoms. The normalized spacial score (nSPS) is 10.7. The molecular formula is C14H13ClO. The molecule has 0 aliphatic rings. The van der Waals surface area contributed by atoms with E-state index < -0.39 is 0 Å². The highest BCUT2D eigenvalue weighted by Gasteiger charge is 2.10. The number of rotatable bonds is 1. The molecular weight excluding hydrogens is 220 g/mol. The third kappa shape index (κ3) is 1.68. The summed E-state index contributed by atoms with van der Waals surface area (Å²) in [6.07, 6.45) is 0. The number of hydrogen-bond donors (Lipinski definition) is 1. The third-order valence-electron chi connectivity index (χ3n) is 2.78. The van der Waals surface area contributed by atoms with Crippen LogP contribution in [0.25, 0.3) is 15.8 Å². The van der Waals surface area contributed by atoms with Gasteiger partial charge in [-0.25, -0.2) is 0 Å².